The van der Waals surface area contributed by atoms with Crippen LogP contribution in [0.1, 0.15) is 0 Å². The van der Waals surface area contributed by atoms with Crippen LogP contribution in [-0.4, -0.2) is 36.4 Å². The van der Waals surface area contributed by atoms with Crippen molar-refractivity contribution in [1.29, 1.82) is 0 Å². The fraction of sp³-hybridized carbons (Fsp3) is 0.0741. The molecule has 13 heteroatoms. The minimum Gasteiger partial charge on any atom is -0.497 e. The van der Waals surface area contributed by atoms with Gasteiger partial charge >= 0.3 is 0 Å². The molecule has 2 N–H and O–H groups in total. The zero-order chi connectivity index (χ0) is 28.9. The van der Waals surface area contributed by atoms with Gasteiger partial charge in [-0.3, -0.25) is 13.8 Å². The monoisotopic (exact) mass is 603 g/mol. The number of rotatable bonds is 10. The second-order valence-electron chi connectivity index (χ2n) is 8.35. The number of anilines is 3. The number of sulfonamides is 2. The van der Waals surface area contributed by atoms with Crippen molar-refractivity contribution in [2.75, 3.05) is 28.0 Å². The van der Waals surface area contributed by atoms with E-state index in [0.717, 1.165) is 28.6 Å². The van der Waals surface area contributed by atoms with E-state index in [2.05, 4.69) is 10.0 Å². The lowest BCUT2D eigenvalue weighted by Gasteiger charge is -2.24. The molecule has 0 aliphatic carbocycles. The zero-order valence-electron chi connectivity index (χ0n) is 20.9. The van der Waals surface area contributed by atoms with Crippen molar-refractivity contribution in [2.45, 2.75) is 9.79 Å². The molecule has 0 bridgehead atoms. The lowest BCUT2D eigenvalue weighted by molar-refractivity contribution is -0.114. The van der Waals surface area contributed by atoms with Crippen molar-refractivity contribution in [3.05, 3.63) is 108 Å². The third-order valence-corrected chi connectivity index (χ3v) is 9.03. The number of hydrogen-bond acceptors (Lipinski definition) is 6. The van der Waals surface area contributed by atoms with Gasteiger partial charge in [-0.1, -0.05) is 11.6 Å². The number of carbonyl (C=O) groups is 1. The SMILES string of the molecule is COc1ccc(N(CC(=O)Nc2ccc(S(=O)(=O)Nc3ccc(Cl)cc3)cc2)S(=O)(=O)c2ccc(F)cc2)cc1. The molecule has 0 spiro atoms. The maximum absolute atomic E-state index is 13.4. The van der Waals surface area contributed by atoms with Crippen molar-refractivity contribution < 1.29 is 30.8 Å². The molecule has 4 rings (SSSR count). The maximum Gasteiger partial charge on any atom is 0.264 e. The second kappa shape index (κ2) is 11.9. The number of carbonyl (C=O) groups excluding carboxylic acids is 1. The molecular formula is C27H23ClFN3O6S2. The van der Waals surface area contributed by atoms with Crippen molar-refractivity contribution in [1.82, 2.24) is 0 Å². The van der Waals surface area contributed by atoms with Crippen molar-refractivity contribution in [2.24, 2.45) is 0 Å². The first-order chi connectivity index (χ1) is 19.0. The van der Waals surface area contributed by atoms with Crippen LogP contribution in [0.4, 0.5) is 21.5 Å². The highest BCUT2D eigenvalue weighted by atomic mass is 35.5. The molecule has 208 valence electrons. The summed E-state index contributed by atoms with van der Waals surface area (Å²) >= 11 is 5.83. The first-order valence-electron chi connectivity index (χ1n) is 11.6. The first kappa shape index (κ1) is 28.9. The molecule has 0 heterocycles. The Morgan fingerprint density at radius 3 is 1.93 bits per heavy atom. The van der Waals surface area contributed by atoms with Crippen LogP contribution in [-0.2, 0) is 24.8 Å². The Kier molecular flexibility index (Phi) is 8.62. The molecule has 0 unspecified atom stereocenters. The first-order valence-corrected chi connectivity index (χ1v) is 14.9. The Labute approximate surface area is 236 Å². The van der Waals surface area contributed by atoms with E-state index in [1.165, 1.54) is 67.8 Å². The average Bonchev–Trinajstić information content (AvgIpc) is 2.93. The third kappa shape index (κ3) is 6.89. The fourth-order valence-electron chi connectivity index (χ4n) is 3.58. The molecule has 0 aliphatic rings. The summed E-state index contributed by atoms with van der Waals surface area (Å²) in [6.07, 6.45) is 0. The standard InChI is InChI=1S/C27H23ClFN3O6S2/c1-38-24-12-10-23(11-13-24)32(40(36,37)26-14-4-20(29)5-15-26)18-27(33)30-21-8-16-25(17-9-21)39(34,35)31-22-6-2-19(28)3-7-22/h2-17,31H,18H2,1H3,(H,30,33). The number of halogens is 2. The molecular weight excluding hydrogens is 581 g/mol. The molecule has 40 heavy (non-hydrogen) atoms. The van der Waals surface area contributed by atoms with Gasteiger partial charge in [0.15, 0.2) is 0 Å². The summed E-state index contributed by atoms with van der Waals surface area (Å²) in [4.78, 5) is 12.7. The zero-order valence-corrected chi connectivity index (χ0v) is 23.3. The van der Waals surface area contributed by atoms with Crippen LogP contribution < -0.4 is 19.1 Å². The van der Waals surface area contributed by atoms with Crippen molar-refractivity contribution in [3.63, 3.8) is 0 Å². The van der Waals surface area contributed by atoms with E-state index in [-0.39, 0.29) is 21.2 Å². The number of benzene rings is 4. The molecule has 0 saturated carbocycles. The van der Waals surface area contributed by atoms with Gasteiger partial charge in [-0.05, 0) is 97.1 Å². The van der Waals surface area contributed by atoms with Crippen molar-refractivity contribution in [3.8, 4) is 5.75 Å². The van der Waals surface area contributed by atoms with E-state index in [0.29, 0.717) is 16.5 Å². The van der Waals surface area contributed by atoms with Crippen molar-refractivity contribution >= 4 is 54.6 Å². The van der Waals surface area contributed by atoms with Gasteiger partial charge in [0.25, 0.3) is 20.0 Å². The van der Waals surface area contributed by atoms with Crippen LogP contribution in [0.25, 0.3) is 0 Å². The predicted molar refractivity (Wildman–Crippen MR) is 151 cm³/mol. The molecule has 0 aromatic heterocycles. The number of amides is 1. The minimum absolute atomic E-state index is 0.0563. The average molecular weight is 604 g/mol. The molecule has 1 amide bonds. The van der Waals surface area contributed by atoms with Gasteiger partial charge < -0.3 is 10.1 Å². The second-order valence-corrected chi connectivity index (χ2v) is 12.3. The van der Waals surface area contributed by atoms with Gasteiger partial charge in [0.2, 0.25) is 5.91 Å². The lowest BCUT2D eigenvalue weighted by Crippen LogP contribution is -2.38. The van der Waals surface area contributed by atoms with Gasteiger partial charge in [0, 0.05) is 16.4 Å². The van der Waals surface area contributed by atoms with Crippen LogP contribution >= 0.6 is 11.6 Å². The van der Waals surface area contributed by atoms with Crippen LogP contribution in [0, 0.1) is 5.82 Å². The highest BCUT2D eigenvalue weighted by Gasteiger charge is 2.27. The maximum atomic E-state index is 13.4. The van der Waals surface area contributed by atoms with Gasteiger partial charge in [-0.25, -0.2) is 21.2 Å². The largest absolute Gasteiger partial charge is 0.497 e. The third-order valence-electron chi connectivity index (χ3n) is 5.59. The summed E-state index contributed by atoms with van der Waals surface area (Å²) in [7, 11) is -6.72. The Hall–Kier alpha value is -4.13. The molecule has 0 aliphatic heterocycles. The quantitative estimate of drug-likeness (QED) is 0.259. The van der Waals surface area contributed by atoms with E-state index in [4.69, 9.17) is 16.3 Å². The van der Waals surface area contributed by atoms with Gasteiger partial charge in [0.1, 0.15) is 18.1 Å². The summed E-state index contributed by atoms with van der Waals surface area (Å²) in [6, 6.07) is 21.7. The minimum atomic E-state index is -4.27. The van der Waals surface area contributed by atoms with E-state index in [1.807, 2.05) is 0 Å². The summed E-state index contributed by atoms with van der Waals surface area (Å²) in [5.74, 6) is -0.828. The van der Waals surface area contributed by atoms with Crippen LogP contribution in [0.5, 0.6) is 5.75 Å². The van der Waals surface area contributed by atoms with E-state index < -0.39 is 38.3 Å². The Bertz CT molecular complexity index is 1700. The molecule has 0 saturated heterocycles. The van der Waals surface area contributed by atoms with Crippen LogP contribution in [0.3, 0.4) is 0 Å². The van der Waals surface area contributed by atoms with E-state index >= 15 is 0 Å². The molecule has 0 fully saturated rings. The molecule has 9 nitrogen and oxygen atoms in total. The summed E-state index contributed by atoms with van der Waals surface area (Å²) in [5.41, 5.74) is 0.738. The van der Waals surface area contributed by atoms with Crippen LogP contribution in [0.2, 0.25) is 5.02 Å². The Morgan fingerprint density at radius 2 is 1.35 bits per heavy atom. The highest BCUT2D eigenvalue weighted by Crippen LogP contribution is 2.26. The Morgan fingerprint density at radius 1 is 0.800 bits per heavy atom. The summed E-state index contributed by atoms with van der Waals surface area (Å²) in [5, 5.41) is 3.03. The molecule has 0 atom stereocenters. The normalized spacial score (nSPS) is 11.5. The molecule has 4 aromatic rings. The van der Waals surface area contributed by atoms with E-state index in [9.17, 15) is 26.0 Å². The fourth-order valence-corrected chi connectivity index (χ4v) is 6.18. The number of methoxy groups -OCH3 is 1. The van der Waals surface area contributed by atoms with Gasteiger partial charge in [-0.2, -0.15) is 0 Å². The van der Waals surface area contributed by atoms with Gasteiger partial charge in [0.05, 0.1) is 22.6 Å². The lowest BCUT2D eigenvalue weighted by atomic mass is 10.3. The summed E-state index contributed by atoms with van der Waals surface area (Å²) < 4.78 is 74.1. The number of nitrogens with one attached hydrogen (secondary N) is 2. The molecule has 0 radical (unpaired) electrons. The Balaban J connectivity index is 1.53. The number of nitrogens with zero attached hydrogens (tertiary/aromatic N) is 1. The van der Waals surface area contributed by atoms with Gasteiger partial charge in [-0.15, -0.1) is 0 Å². The molecule has 4 aromatic carbocycles. The number of ether oxygens (including phenoxy) is 1. The number of hydrogen-bond donors (Lipinski definition) is 2. The van der Waals surface area contributed by atoms with E-state index in [1.54, 1.807) is 12.1 Å². The van der Waals surface area contributed by atoms with Crippen LogP contribution in [0.15, 0.2) is 107 Å². The summed E-state index contributed by atoms with van der Waals surface area (Å²) in [6.45, 7) is -0.621. The predicted octanol–water partition coefficient (Wildman–Crippen LogP) is 5.12. The smallest absolute Gasteiger partial charge is 0.264 e. The highest BCUT2D eigenvalue weighted by molar-refractivity contribution is 7.93. The topological polar surface area (TPSA) is 122 Å².